The molecule has 2 aliphatic carbocycles. The summed E-state index contributed by atoms with van der Waals surface area (Å²) in [5, 5.41) is 5.48. The number of hydrogen-bond acceptors (Lipinski definition) is 0. The molecule has 0 saturated carbocycles. The molecule has 4 aromatic carbocycles. The molecule has 0 amide bonds. The molecule has 0 N–H and O–H groups in total. The zero-order valence-electron chi connectivity index (χ0n) is 20.7. The molecular formula is C35H32. The van der Waals surface area contributed by atoms with Gasteiger partial charge in [0.05, 0.1) is 0 Å². The van der Waals surface area contributed by atoms with Crippen LogP contribution in [0.1, 0.15) is 60.8 Å². The average molecular weight is 453 g/mol. The Hall–Kier alpha value is -3.64. The number of rotatable bonds is 6. The first kappa shape index (κ1) is 21.9. The van der Waals surface area contributed by atoms with E-state index in [2.05, 4.69) is 112 Å². The quantitative estimate of drug-likeness (QED) is 0.255. The van der Waals surface area contributed by atoms with Crippen molar-refractivity contribution >= 4 is 32.7 Å². The van der Waals surface area contributed by atoms with E-state index in [1.165, 1.54) is 54.9 Å². The smallest absolute Gasteiger partial charge is 0.00905 e. The molecule has 4 aromatic rings. The van der Waals surface area contributed by atoms with Crippen LogP contribution in [0.3, 0.4) is 0 Å². The minimum Gasteiger partial charge on any atom is -0.103 e. The van der Waals surface area contributed by atoms with Gasteiger partial charge >= 0.3 is 0 Å². The highest BCUT2D eigenvalue weighted by Crippen LogP contribution is 2.56. The van der Waals surface area contributed by atoms with E-state index in [4.69, 9.17) is 0 Å². The molecule has 0 bridgehead atoms. The van der Waals surface area contributed by atoms with Crippen molar-refractivity contribution in [3.05, 3.63) is 133 Å². The Morgan fingerprint density at radius 3 is 1.43 bits per heavy atom. The lowest BCUT2D eigenvalue weighted by Gasteiger charge is -2.43. The molecule has 2 aliphatic rings. The molecule has 172 valence electrons. The summed E-state index contributed by atoms with van der Waals surface area (Å²) in [4.78, 5) is 0. The first-order valence-corrected chi connectivity index (χ1v) is 12.7. The fourth-order valence-corrected chi connectivity index (χ4v) is 6.65. The molecule has 6 rings (SSSR count). The van der Waals surface area contributed by atoms with Gasteiger partial charge in [0.25, 0.3) is 0 Å². The summed E-state index contributed by atoms with van der Waals surface area (Å²) >= 11 is 0. The van der Waals surface area contributed by atoms with Gasteiger partial charge in [-0.15, -0.1) is 13.2 Å². The van der Waals surface area contributed by atoms with Crippen LogP contribution < -0.4 is 0 Å². The molecule has 0 spiro atoms. The van der Waals surface area contributed by atoms with Crippen LogP contribution in [0.2, 0.25) is 0 Å². The summed E-state index contributed by atoms with van der Waals surface area (Å²) in [6.45, 7) is 13.1. The van der Waals surface area contributed by atoms with E-state index in [0.717, 1.165) is 12.8 Å². The number of hydrogen-bond donors (Lipinski definition) is 0. The van der Waals surface area contributed by atoms with E-state index in [1.807, 2.05) is 12.2 Å². The fraction of sp³-hybridized carbons (Fsp3) is 0.200. The lowest BCUT2D eigenvalue weighted by atomic mass is 9.60. The lowest BCUT2D eigenvalue weighted by Crippen LogP contribution is -2.30. The van der Waals surface area contributed by atoms with E-state index in [9.17, 15) is 0 Å². The van der Waals surface area contributed by atoms with Crippen LogP contribution in [-0.2, 0) is 0 Å². The highest BCUT2D eigenvalue weighted by atomic mass is 14.4. The molecule has 35 heavy (non-hydrogen) atoms. The fourth-order valence-electron chi connectivity index (χ4n) is 6.65. The maximum Gasteiger partial charge on any atom is 0.00905 e. The molecule has 0 fully saturated rings. The van der Waals surface area contributed by atoms with Gasteiger partial charge in [-0.25, -0.2) is 0 Å². The molecular weight excluding hydrogens is 420 g/mol. The van der Waals surface area contributed by atoms with Gasteiger partial charge in [0.2, 0.25) is 0 Å². The second-order valence-corrected chi connectivity index (χ2v) is 10.6. The Kier molecular flexibility index (Phi) is 5.15. The van der Waals surface area contributed by atoms with Gasteiger partial charge in [-0.3, -0.25) is 0 Å². The summed E-state index contributed by atoms with van der Waals surface area (Å²) in [6, 6.07) is 27.1. The molecule has 0 radical (unpaired) electrons. The Morgan fingerprint density at radius 1 is 0.629 bits per heavy atom. The predicted molar refractivity (Wildman–Crippen MR) is 153 cm³/mol. The topological polar surface area (TPSA) is 0 Å². The van der Waals surface area contributed by atoms with Crippen molar-refractivity contribution in [2.24, 2.45) is 5.41 Å². The summed E-state index contributed by atoms with van der Waals surface area (Å²) in [6.07, 6.45) is 11.0. The molecule has 2 unspecified atom stereocenters. The average Bonchev–Trinajstić information content (AvgIpc) is 2.87. The first-order valence-electron chi connectivity index (χ1n) is 12.7. The standard InChI is InChI=1S/C35H32/c1-5-11-25-21-31(29-19-9-15-23-13-7-17-27(25)33(23)29)35(3,4)32-22-26(12-6-2)28-18-8-14-24-16-10-20-30(32)34(24)28/h5-10,13-22,31-32H,1-2,11-12H2,3-4H3. The maximum absolute atomic E-state index is 4.07. The third-order valence-electron chi connectivity index (χ3n) is 8.30. The third-order valence-corrected chi connectivity index (χ3v) is 8.30. The largest absolute Gasteiger partial charge is 0.103 e. The highest BCUT2D eigenvalue weighted by molar-refractivity contribution is 6.01. The van der Waals surface area contributed by atoms with Crippen molar-refractivity contribution in [2.75, 3.05) is 0 Å². The van der Waals surface area contributed by atoms with Crippen LogP contribution in [0.15, 0.2) is 110 Å². The normalized spacial score (nSPS) is 18.8. The summed E-state index contributed by atoms with van der Waals surface area (Å²) in [7, 11) is 0. The predicted octanol–water partition coefficient (Wildman–Crippen LogP) is 9.83. The van der Waals surface area contributed by atoms with E-state index in [0.29, 0.717) is 11.8 Å². The Balaban J connectivity index is 1.59. The molecule has 0 aromatic heterocycles. The SMILES string of the molecule is C=CCC1=CC(C(C)(C)C2C=C(CC=C)c3cccc4cccc2c34)c2cccc3cccc1c23. The Bertz CT molecular complexity index is 1430. The zero-order chi connectivity index (χ0) is 24.2. The van der Waals surface area contributed by atoms with Gasteiger partial charge in [-0.05, 0) is 73.2 Å². The van der Waals surface area contributed by atoms with Crippen LogP contribution in [0.5, 0.6) is 0 Å². The maximum atomic E-state index is 4.07. The van der Waals surface area contributed by atoms with E-state index in [1.54, 1.807) is 0 Å². The second kappa shape index (κ2) is 8.24. The van der Waals surface area contributed by atoms with Crippen LogP contribution in [0, 0.1) is 5.41 Å². The Labute approximate surface area is 209 Å². The van der Waals surface area contributed by atoms with Gasteiger partial charge in [-0.1, -0.05) is 111 Å². The van der Waals surface area contributed by atoms with E-state index in [-0.39, 0.29) is 5.41 Å². The summed E-state index contributed by atoms with van der Waals surface area (Å²) < 4.78 is 0. The molecule has 0 nitrogen and oxygen atoms in total. The van der Waals surface area contributed by atoms with E-state index < -0.39 is 0 Å². The van der Waals surface area contributed by atoms with Crippen molar-refractivity contribution in [1.82, 2.24) is 0 Å². The van der Waals surface area contributed by atoms with Crippen LogP contribution in [0.25, 0.3) is 32.7 Å². The molecule has 0 heterocycles. The molecule has 0 heteroatoms. The van der Waals surface area contributed by atoms with Crippen molar-refractivity contribution in [2.45, 2.75) is 38.5 Å². The van der Waals surface area contributed by atoms with Gasteiger partial charge in [0, 0.05) is 11.8 Å². The van der Waals surface area contributed by atoms with Gasteiger partial charge in [0.1, 0.15) is 0 Å². The van der Waals surface area contributed by atoms with Crippen LogP contribution >= 0.6 is 0 Å². The summed E-state index contributed by atoms with van der Waals surface area (Å²) in [5.74, 6) is 0.589. The van der Waals surface area contributed by atoms with Crippen molar-refractivity contribution in [3.63, 3.8) is 0 Å². The zero-order valence-corrected chi connectivity index (χ0v) is 20.7. The minimum absolute atomic E-state index is 0.0392. The molecule has 0 saturated heterocycles. The van der Waals surface area contributed by atoms with E-state index >= 15 is 0 Å². The monoisotopic (exact) mass is 452 g/mol. The second-order valence-electron chi connectivity index (χ2n) is 10.6. The highest BCUT2D eigenvalue weighted by Gasteiger charge is 2.41. The molecule has 2 atom stereocenters. The van der Waals surface area contributed by atoms with Crippen LogP contribution in [-0.4, -0.2) is 0 Å². The third kappa shape index (κ3) is 3.27. The van der Waals surface area contributed by atoms with Gasteiger partial charge < -0.3 is 0 Å². The van der Waals surface area contributed by atoms with Gasteiger partial charge in [0.15, 0.2) is 0 Å². The molecule has 0 aliphatic heterocycles. The number of benzene rings is 4. The van der Waals surface area contributed by atoms with Crippen LogP contribution in [0.4, 0.5) is 0 Å². The van der Waals surface area contributed by atoms with Crippen molar-refractivity contribution in [3.8, 4) is 0 Å². The van der Waals surface area contributed by atoms with Crippen molar-refractivity contribution in [1.29, 1.82) is 0 Å². The first-order chi connectivity index (χ1) is 17.0. The summed E-state index contributed by atoms with van der Waals surface area (Å²) in [5.41, 5.74) is 8.37. The number of allylic oxidation sites excluding steroid dienone is 6. The van der Waals surface area contributed by atoms with Gasteiger partial charge in [-0.2, -0.15) is 0 Å². The van der Waals surface area contributed by atoms with Crippen molar-refractivity contribution < 1.29 is 0 Å². The Morgan fingerprint density at radius 2 is 1.03 bits per heavy atom. The minimum atomic E-state index is -0.0392. The lowest BCUT2D eigenvalue weighted by molar-refractivity contribution is 0.288.